The Morgan fingerprint density at radius 3 is 2.36 bits per heavy atom. The highest BCUT2D eigenvalue weighted by molar-refractivity contribution is 7.93. The summed E-state index contributed by atoms with van der Waals surface area (Å²) in [6.45, 7) is 13.2. The van der Waals surface area contributed by atoms with E-state index in [0.717, 1.165) is 19.3 Å². The van der Waals surface area contributed by atoms with Crippen molar-refractivity contribution in [1.29, 1.82) is 0 Å². The molecule has 1 heterocycles. The van der Waals surface area contributed by atoms with Crippen molar-refractivity contribution in [2.45, 2.75) is 84.6 Å². The van der Waals surface area contributed by atoms with Gasteiger partial charge in [-0.25, -0.2) is 13.2 Å². The monoisotopic (exact) mass is 415 g/mol. The van der Waals surface area contributed by atoms with E-state index in [1.54, 1.807) is 20.8 Å². The molecule has 3 rings (SSSR count). The number of ketones is 1. The molecule has 5 atom stereocenters. The molecule has 7 heteroatoms. The van der Waals surface area contributed by atoms with Crippen molar-refractivity contribution < 1.29 is 22.7 Å². The molecular weight excluding hydrogens is 380 g/mol. The van der Waals surface area contributed by atoms with Crippen molar-refractivity contribution in [2.75, 3.05) is 5.75 Å². The number of fused-ring (bicyclic) bond motifs is 1. The third-order valence-electron chi connectivity index (χ3n) is 7.63. The van der Waals surface area contributed by atoms with E-state index in [9.17, 15) is 18.0 Å². The van der Waals surface area contributed by atoms with E-state index < -0.39 is 32.8 Å². The van der Waals surface area contributed by atoms with Gasteiger partial charge in [0.15, 0.2) is 15.6 Å². The molecule has 0 aromatic rings. The topological polar surface area (TPSA) is 89.5 Å². The molecule has 2 saturated carbocycles. The number of alkyl carbamates (subject to hydrolysis) is 1. The standard InChI is InChI=1S/C21H35NO5S/c1-12(2)15(22-18(24)27-19(3,4)5)16(23)17-14-10-13-8-9-21(14,20(13,6)7)11-28(17,25)26/h12-15,17H,8-11H2,1-7H3,(H,22,24)/t13-,14+,15+,17-,21-/m1/s1/i16+2. The molecule has 3 aliphatic rings. The highest BCUT2D eigenvalue weighted by atomic mass is 32.2. The molecule has 1 N–H and O–H groups in total. The zero-order valence-corrected chi connectivity index (χ0v) is 19.0. The van der Waals surface area contributed by atoms with Crippen molar-refractivity contribution in [2.24, 2.45) is 28.6 Å². The zero-order chi connectivity index (χ0) is 21.3. The Balaban J connectivity index is 1.89. The number of nitrogens with one attached hydrogen (secondary N) is 1. The van der Waals surface area contributed by atoms with E-state index in [-0.39, 0.29) is 34.2 Å². The maximum Gasteiger partial charge on any atom is 0.408 e. The Morgan fingerprint density at radius 2 is 1.86 bits per heavy atom. The van der Waals surface area contributed by atoms with E-state index in [1.807, 2.05) is 13.8 Å². The van der Waals surface area contributed by atoms with Gasteiger partial charge in [-0.1, -0.05) is 27.7 Å². The second-order valence-electron chi connectivity index (χ2n) is 11.0. The molecule has 0 aromatic heterocycles. The molecule has 2 bridgehead atoms. The number of rotatable bonds is 4. The molecule has 2 aliphatic carbocycles. The maximum absolute atomic E-state index is 13.5. The van der Waals surface area contributed by atoms with Crippen LogP contribution in [0.1, 0.15) is 67.7 Å². The predicted octanol–water partition coefficient (Wildman–Crippen LogP) is 3.34. The number of hydrogen-bond acceptors (Lipinski definition) is 5. The van der Waals surface area contributed by atoms with Crippen LogP contribution in [0.25, 0.3) is 0 Å². The maximum atomic E-state index is 13.5. The minimum atomic E-state index is -3.55. The summed E-state index contributed by atoms with van der Waals surface area (Å²) in [6, 6.07) is -0.869. The number of carbonyl (C=O) groups excluding carboxylic acids is 2. The first-order valence-corrected chi connectivity index (χ1v) is 12.1. The van der Waals surface area contributed by atoms with Crippen LogP contribution in [0.4, 0.5) is 4.79 Å². The third-order valence-corrected chi connectivity index (χ3v) is 9.88. The van der Waals surface area contributed by atoms with Gasteiger partial charge in [0.2, 0.25) is 0 Å². The van der Waals surface area contributed by atoms with E-state index in [4.69, 9.17) is 4.74 Å². The van der Waals surface area contributed by atoms with Crippen molar-refractivity contribution in [3.05, 3.63) is 0 Å². The Labute approximate surface area is 169 Å². The minimum Gasteiger partial charge on any atom is -0.444 e. The SMILES string of the molecule is CC(C)[C@H](NC(=O)OC(C)(C)C)[14C](=O)[C@H]1[C@@H]2C[C@H]3CC[C@]2(CS1(=O)=O)C3(C)C. The number of Topliss-reactive ketones (excluding diaryl/α,β-unsaturated/α-hetero) is 1. The molecule has 1 spiro atoms. The lowest BCUT2D eigenvalue weighted by Crippen LogP contribution is -2.52. The Hall–Kier alpha value is -1.11. The number of hydrogen-bond donors (Lipinski definition) is 1. The van der Waals surface area contributed by atoms with E-state index in [2.05, 4.69) is 19.2 Å². The van der Waals surface area contributed by atoms with Crippen molar-refractivity contribution in [1.82, 2.24) is 5.32 Å². The first-order chi connectivity index (χ1) is 12.6. The number of amides is 1. The van der Waals surface area contributed by atoms with Crippen LogP contribution in [0.5, 0.6) is 0 Å². The average Bonchev–Trinajstić information content (AvgIpc) is 2.97. The molecule has 0 radical (unpaired) electrons. The lowest BCUT2D eigenvalue weighted by atomic mass is 9.66. The number of sulfone groups is 1. The van der Waals surface area contributed by atoms with Crippen LogP contribution in [-0.4, -0.2) is 42.9 Å². The van der Waals surface area contributed by atoms with Crippen LogP contribution in [0.15, 0.2) is 0 Å². The van der Waals surface area contributed by atoms with Gasteiger partial charge in [-0.2, -0.15) is 0 Å². The van der Waals surface area contributed by atoms with Crippen LogP contribution in [0.3, 0.4) is 0 Å². The van der Waals surface area contributed by atoms with Crippen LogP contribution >= 0.6 is 0 Å². The molecule has 1 aliphatic heterocycles. The molecule has 3 fully saturated rings. The number of carbonyl (C=O) groups is 2. The first kappa shape index (κ1) is 21.6. The summed E-state index contributed by atoms with van der Waals surface area (Å²) >= 11 is 0. The molecule has 1 amide bonds. The predicted molar refractivity (Wildman–Crippen MR) is 108 cm³/mol. The van der Waals surface area contributed by atoms with Gasteiger partial charge in [-0.15, -0.1) is 0 Å². The fraction of sp³-hybridized carbons (Fsp3) is 0.905. The van der Waals surface area contributed by atoms with Gasteiger partial charge in [-0.3, -0.25) is 4.79 Å². The Kier molecular flexibility index (Phi) is 4.97. The van der Waals surface area contributed by atoms with Gasteiger partial charge in [0.25, 0.3) is 0 Å². The van der Waals surface area contributed by atoms with Crippen LogP contribution < -0.4 is 5.32 Å². The van der Waals surface area contributed by atoms with Gasteiger partial charge in [-0.05, 0) is 68.6 Å². The molecule has 0 aromatic carbocycles. The largest absolute Gasteiger partial charge is 0.444 e. The summed E-state index contributed by atoms with van der Waals surface area (Å²) in [5.41, 5.74) is -1.05. The first-order valence-electron chi connectivity index (χ1n) is 10.4. The summed E-state index contributed by atoms with van der Waals surface area (Å²) < 4.78 is 31.6. The van der Waals surface area contributed by atoms with Crippen LogP contribution in [0.2, 0.25) is 0 Å². The van der Waals surface area contributed by atoms with Gasteiger partial charge in [0.05, 0.1) is 11.8 Å². The van der Waals surface area contributed by atoms with Crippen LogP contribution in [-0.2, 0) is 19.4 Å². The molecule has 160 valence electrons. The second-order valence-corrected chi connectivity index (χ2v) is 13.1. The summed E-state index contributed by atoms with van der Waals surface area (Å²) in [7, 11) is -3.55. The number of ether oxygens (including phenoxy) is 1. The third kappa shape index (κ3) is 3.17. The van der Waals surface area contributed by atoms with Gasteiger partial charge in [0, 0.05) is 0 Å². The van der Waals surface area contributed by atoms with Crippen molar-refractivity contribution in [3.63, 3.8) is 0 Å². The molecular formula is C21H35NO5S. The quantitative estimate of drug-likeness (QED) is 0.760. The summed E-state index contributed by atoms with van der Waals surface area (Å²) in [6.07, 6.45) is 2.03. The molecule has 6 nitrogen and oxygen atoms in total. The zero-order valence-electron chi connectivity index (χ0n) is 18.2. The Morgan fingerprint density at radius 1 is 1.25 bits per heavy atom. The van der Waals surface area contributed by atoms with Gasteiger partial charge >= 0.3 is 6.09 Å². The smallest absolute Gasteiger partial charge is 0.408 e. The lowest BCUT2D eigenvalue weighted by molar-refractivity contribution is -0.123. The van der Waals surface area contributed by atoms with Gasteiger partial charge in [0.1, 0.15) is 10.9 Å². The minimum absolute atomic E-state index is 0.0638. The second kappa shape index (κ2) is 6.44. The molecule has 0 unspecified atom stereocenters. The summed E-state index contributed by atoms with van der Waals surface area (Å²) in [5.74, 6) is -0.161. The van der Waals surface area contributed by atoms with Crippen LogP contribution in [0, 0.1) is 28.6 Å². The lowest BCUT2D eigenvalue weighted by Gasteiger charge is -2.37. The fourth-order valence-electron chi connectivity index (χ4n) is 6.16. The Bertz CT molecular complexity index is 779. The average molecular weight is 416 g/mol. The highest BCUT2D eigenvalue weighted by Gasteiger charge is 2.73. The highest BCUT2D eigenvalue weighted by Crippen LogP contribution is 2.72. The van der Waals surface area contributed by atoms with E-state index in [0.29, 0.717) is 5.92 Å². The summed E-state index contributed by atoms with van der Waals surface area (Å²) in [4.78, 5) is 25.8. The fourth-order valence-corrected chi connectivity index (χ4v) is 9.16. The summed E-state index contributed by atoms with van der Waals surface area (Å²) in [5, 5.41) is 1.64. The van der Waals surface area contributed by atoms with Crippen molar-refractivity contribution >= 4 is 21.7 Å². The van der Waals surface area contributed by atoms with Crippen molar-refractivity contribution in [3.8, 4) is 0 Å². The molecule has 1 saturated heterocycles. The molecule has 28 heavy (non-hydrogen) atoms. The van der Waals surface area contributed by atoms with Gasteiger partial charge < -0.3 is 10.1 Å². The van der Waals surface area contributed by atoms with E-state index >= 15 is 0 Å². The van der Waals surface area contributed by atoms with E-state index in [1.165, 1.54) is 0 Å². The normalized spacial score (nSPS) is 36.2.